The molecule has 0 bridgehead atoms. The van der Waals surface area contributed by atoms with E-state index in [1.165, 1.54) is 25.7 Å². The maximum absolute atomic E-state index is 2.61. The molecular formula is C37H46Cl2Zr. The minimum Gasteiger partial charge on any atom is -0.147 e. The van der Waals surface area contributed by atoms with Gasteiger partial charge in [0.25, 0.3) is 0 Å². The number of hydrogen-bond donors (Lipinski definition) is 0. The van der Waals surface area contributed by atoms with Crippen LogP contribution in [0.5, 0.6) is 0 Å². The summed E-state index contributed by atoms with van der Waals surface area (Å²) in [5.41, 5.74) is 6.75. The number of rotatable bonds is 4. The van der Waals surface area contributed by atoms with Crippen molar-refractivity contribution in [3.63, 3.8) is 0 Å². The Balaban J connectivity index is 0.00000185. The molecule has 0 saturated heterocycles. The van der Waals surface area contributed by atoms with Gasteiger partial charge in [-0.15, -0.1) is 24.8 Å². The van der Waals surface area contributed by atoms with Crippen molar-refractivity contribution in [3.8, 4) is 0 Å². The minimum atomic E-state index is -2.07. The standard InChI is InChI=1S/2C17H19.C3H6.2ClH.Zr/c2*1-13-11-15-9-5-6-10-16(17(15)12-13)14-7-3-2-4-8-14;1-3-2;;;/h2*2-9,11,13,16-17H,10,12H2,1H3;1-2H3;2*1H;. The largest absolute Gasteiger partial charge is 0.147 e. The Hall–Kier alpha value is -1.27. The van der Waals surface area contributed by atoms with Crippen LogP contribution < -0.4 is 0 Å². The molecule has 0 heterocycles. The van der Waals surface area contributed by atoms with Gasteiger partial charge < -0.3 is 0 Å². The van der Waals surface area contributed by atoms with Crippen LogP contribution in [0.1, 0.15) is 76.3 Å². The van der Waals surface area contributed by atoms with Crippen LogP contribution in [0.3, 0.4) is 0 Å². The molecule has 3 heteroatoms. The maximum Gasteiger partial charge on any atom is -0.147 e. The first-order valence-electron chi connectivity index (χ1n) is 15.0. The number of hydrogen-bond acceptors (Lipinski definition) is 0. The van der Waals surface area contributed by atoms with Crippen LogP contribution in [0.4, 0.5) is 0 Å². The first kappa shape index (κ1) is 31.7. The third kappa shape index (κ3) is 5.96. The summed E-state index contributed by atoms with van der Waals surface area (Å²) in [4.78, 5) is 0. The van der Waals surface area contributed by atoms with Gasteiger partial charge in [-0.05, 0) is 0 Å². The fourth-order valence-corrected chi connectivity index (χ4v) is 19.8. The molecule has 0 nitrogen and oxygen atoms in total. The second-order valence-corrected chi connectivity index (χ2v) is 20.5. The number of allylic oxidation sites excluding steroid dienone is 8. The Morgan fingerprint density at radius 1 is 0.600 bits per heavy atom. The third-order valence-electron chi connectivity index (χ3n) is 10.3. The fourth-order valence-electron chi connectivity index (χ4n) is 8.77. The van der Waals surface area contributed by atoms with E-state index >= 15 is 0 Å². The van der Waals surface area contributed by atoms with Crippen molar-refractivity contribution in [1.29, 1.82) is 0 Å². The molecule has 40 heavy (non-hydrogen) atoms. The number of fused-ring (bicyclic) bond motifs is 2. The van der Waals surface area contributed by atoms with E-state index in [2.05, 4.69) is 125 Å². The van der Waals surface area contributed by atoms with Gasteiger partial charge in [-0.3, -0.25) is 0 Å². The van der Waals surface area contributed by atoms with Gasteiger partial charge in [0.2, 0.25) is 0 Å². The predicted molar refractivity (Wildman–Crippen MR) is 175 cm³/mol. The van der Waals surface area contributed by atoms with Gasteiger partial charge in [0.1, 0.15) is 0 Å². The minimum absolute atomic E-state index is 0. The summed E-state index contributed by atoms with van der Waals surface area (Å²) >= 11 is -2.07. The van der Waals surface area contributed by atoms with Crippen LogP contribution in [-0.2, 0) is 21.3 Å². The van der Waals surface area contributed by atoms with E-state index in [-0.39, 0.29) is 24.8 Å². The summed E-state index contributed by atoms with van der Waals surface area (Å²) in [6.45, 7) is 10.3. The Bertz CT molecular complexity index is 1200. The van der Waals surface area contributed by atoms with Crippen molar-refractivity contribution in [2.45, 2.75) is 72.5 Å². The van der Waals surface area contributed by atoms with E-state index in [1.807, 2.05) is 14.4 Å². The molecule has 8 unspecified atom stereocenters. The van der Waals surface area contributed by atoms with Crippen molar-refractivity contribution in [3.05, 3.63) is 119 Å². The van der Waals surface area contributed by atoms with Crippen molar-refractivity contribution in [2.24, 2.45) is 23.7 Å². The van der Waals surface area contributed by atoms with Gasteiger partial charge in [0.05, 0.1) is 0 Å². The van der Waals surface area contributed by atoms with E-state index in [4.69, 9.17) is 0 Å². The summed E-state index contributed by atoms with van der Waals surface area (Å²) in [6.07, 6.45) is 20.0. The molecule has 4 aliphatic carbocycles. The average molecular weight is 653 g/mol. The van der Waals surface area contributed by atoms with Crippen molar-refractivity contribution >= 4 is 28.0 Å². The van der Waals surface area contributed by atoms with Crippen LogP contribution in [0.25, 0.3) is 0 Å². The molecule has 2 aromatic rings. The van der Waals surface area contributed by atoms with Crippen LogP contribution in [0.2, 0.25) is 7.25 Å². The van der Waals surface area contributed by atoms with Gasteiger partial charge in [-0.2, -0.15) is 0 Å². The zero-order valence-corrected chi connectivity index (χ0v) is 28.6. The number of benzene rings is 2. The SMILES string of the molecule is C[C](C)=[Zr]([CH]1C2=CC=CCC(c3ccccc3)C2CC1C)[CH]1C2=CC=CCC(c3ccccc3)C2CC1C.Cl.Cl. The molecule has 0 amide bonds. The monoisotopic (exact) mass is 650 g/mol. The first-order valence-corrected chi connectivity index (χ1v) is 19.1. The molecule has 212 valence electrons. The molecule has 4 aliphatic rings. The molecule has 2 saturated carbocycles. The van der Waals surface area contributed by atoms with E-state index in [1.54, 1.807) is 11.1 Å². The Labute approximate surface area is 263 Å². The summed E-state index contributed by atoms with van der Waals surface area (Å²) in [6, 6.07) is 22.8. The van der Waals surface area contributed by atoms with Gasteiger partial charge in [0, 0.05) is 0 Å². The van der Waals surface area contributed by atoms with E-state index in [0.717, 1.165) is 19.1 Å². The van der Waals surface area contributed by atoms with E-state index in [0.29, 0.717) is 23.7 Å². The molecule has 2 fully saturated rings. The summed E-state index contributed by atoms with van der Waals surface area (Å²) in [7, 11) is 0. The molecule has 6 rings (SSSR count). The zero-order valence-electron chi connectivity index (χ0n) is 24.5. The smallest absolute Gasteiger partial charge is 0.147 e. The maximum atomic E-state index is 2.61. The number of halogens is 2. The molecule has 2 aromatic carbocycles. The average Bonchev–Trinajstić information content (AvgIpc) is 3.21. The van der Waals surface area contributed by atoms with Crippen LogP contribution >= 0.6 is 24.8 Å². The Kier molecular flexibility index (Phi) is 10.9. The molecule has 0 spiro atoms. The van der Waals surface area contributed by atoms with Crippen molar-refractivity contribution in [2.75, 3.05) is 0 Å². The van der Waals surface area contributed by atoms with Gasteiger partial charge in [-0.25, -0.2) is 0 Å². The quantitative estimate of drug-likeness (QED) is 0.308. The van der Waals surface area contributed by atoms with Gasteiger partial charge in [0.15, 0.2) is 0 Å². The molecule has 0 aromatic heterocycles. The van der Waals surface area contributed by atoms with Gasteiger partial charge >= 0.3 is 240 Å². The second-order valence-electron chi connectivity index (χ2n) is 12.7. The fraction of sp³-hybridized carbons (Fsp3) is 0.432. The third-order valence-corrected chi connectivity index (χ3v) is 20.8. The van der Waals surface area contributed by atoms with E-state index in [9.17, 15) is 0 Å². The van der Waals surface area contributed by atoms with Crippen LogP contribution in [0.15, 0.2) is 108 Å². The normalized spacial score (nSPS) is 32.3. The first-order chi connectivity index (χ1) is 18.5. The Morgan fingerprint density at radius 2 is 1.00 bits per heavy atom. The Morgan fingerprint density at radius 3 is 1.38 bits per heavy atom. The van der Waals surface area contributed by atoms with E-state index < -0.39 is 21.3 Å². The van der Waals surface area contributed by atoms with Crippen molar-refractivity contribution in [1.82, 2.24) is 0 Å². The van der Waals surface area contributed by atoms with Gasteiger partial charge in [-0.1, -0.05) is 0 Å². The summed E-state index contributed by atoms with van der Waals surface area (Å²) in [5, 5.41) is 0. The predicted octanol–water partition coefficient (Wildman–Crippen LogP) is 10.9. The summed E-state index contributed by atoms with van der Waals surface area (Å²) in [5.74, 6) is 4.26. The topological polar surface area (TPSA) is 0 Å². The molecule has 0 aliphatic heterocycles. The molecule has 8 atom stereocenters. The van der Waals surface area contributed by atoms with Crippen LogP contribution in [0, 0.1) is 23.7 Å². The zero-order chi connectivity index (χ0) is 26.2. The second kappa shape index (κ2) is 13.8. The molecule has 0 N–H and O–H groups in total. The molecular weight excluding hydrogens is 607 g/mol. The summed E-state index contributed by atoms with van der Waals surface area (Å²) < 4.78 is 3.49. The van der Waals surface area contributed by atoms with Crippen molar-refractivity contribution < 1.29 is 21.3 Å². The van der Waals surface area contributed by atoms with Crippen LogP contribution in [-0.4, -0.2) is 3.21 Å². The molecule has 0 radical (unpaired) electrons.